The van der Waals surface area contributed by atoms with Crippen molar-refractivity contribution in [3.8, 4) is 11.5 Å². The Bertz CT molecular complexity index is 1230. The minimum Gasteiger partial charge on any atom is -0.493 e. The molecule has 8 nitrogen and oxygen atoms in total. The molecule has 1 N–H and O–H groups in total. The molecule has 35 heavy (non-hydrogen) atoms. The summed E-state index contributed by atoms with van der Waals surface area (Å²) in [6.45, 7) is 2.39. The van der Waals surface area contributed by atoms with E-state index in [9.17, 15) is 4.39 Å². The van der Waals surface area contributed by atoms with E-state index in [1.165, 1.54) is 0 Å². The molecule has 0 unspecified atom stereocenters. The van der Waals surface area contributed by atoms with Crippen molar-refractivity contribution in [2.24, 2.45) is 5.10 Å². The molecule has 0 saturated carbocycles. The predicted octanol–water partition coefficient (Wildman–Crippen LogP) is 5.56. The first kappa shape index (κ1) is 25.4. The summed E-state index contributed by atoms with van der Waals surface area (Å²) in [7, 11) is 1.54. The summed E-state index contributed by atoms with van der Waals surface area (Å²) in [5.74, 6) is 0.910. The molecule has 1 aromatic heterocycles. The maximum atomic E-state index is 14.2. The average Bonchev–Trinajstić information content (AvgIpc) is 2.85. The van der Waals surface area contributed by atoms with Crippen LogP contribution in [-0.2, 0) is 11.3 Å². The van der Waals surface area contributed by atoms with Gasteiger partial charge >= 0.3 is 0 Å². The highest BCUT2D eigenvalue weighted by Gasteiger charge is 2.18. The van der Waals surface area contributed by atoms with Crippen molar-refractivity contribution in [3.63, 3.8) is 0 Å². The van der Waals surface area contributed by atoms with E-state index in [1.807, 2.05) is 11.0 Å². The molecule has 1 aliphatic heterocycles. The fourth-order valence-electron chi connectivity index (χ4n) is 3.32. The molecule has 0 radical (unpaired) electrons. The van der Waals surface area contributed by atoms with E-state index in [2.05, 4.69) is 36.4 Å². The standard InChI is InChI=1S/C23H21BrCl2FN5O3/c1-33-20-9-14(8-17(24)21(20)35-13-15-2-3-16(25)10-18(15)26)11-29-31-23-28-12-19(27)22(30-23)32-4-6-34-7-5-32/h2-3,8-12H,4-7,13H2,1H3,(H,28,30,31)/b29-11-. The third kappa shape index (κ3) is 6.52. The minimum absolute atomic E-state index is 0.176. The number of halogens is 4. The number of anilines is 2. The third-order valence-electron chi connectivity index (χ3n) is 5.05. The van der Waals surface area contributed by atoms with Crippen molar-refractivity contribution < 1.29 is 18.6 Å². The predicted molar refractivity (Wildman–Crippen MR) is 138 cm³/mol. The van der Waals surface area contributed by atoms with Crippen LogP contribution in [0.15, 0.2) is 46.1 Å². The summed E-state index contributed by atoms with van der Waals surface area (Å²) in [6.07, 6.45) is 2.68. The number of nitrogens with one attached hydrogen (secondary N) is 1. The van der Waals surface area contributed by atoms with Crippen LogP contribution in [0.25, 0.3) is 0 Å². The van der Waals surface area contributed by atoms with Crippen LogP contribution >= 0.6 is 39.1 Å². The van der Waals surface area contributed by atoms with Crippen LogP contribution in [0.1, 0.15) is 11.1 Å². The number of morpholine rings is 1. The number of ether oxygens (including phenoxy) is 3. The molecule has 1 aliphatic rings. The number of aromatic nitrogens is 2. The second-order valence-corrected chi connectivity index (χ2v) is 9.09. The number of hydrogen-bond donors (Lipinski definition) is 1. The van der Waals surface area contributed by atoms with E-state index >= 15 is 0 Å². The lowest BCUT2D eigenvalue weighted by Gasteiger charge is -2.27. The highest BCUT2D eigenvalue weighted by molar-refractivity contribution is 9.10. The number of nitrogens with zero attached hydrogens (tertiary/aromatic N) is 4. The zero-order chi connectivity index (χ0) is 24.8. The molecule has 2 heterocycles. The summed E-state index contributed by atoms with van der Waals surface area (Å²) in [6, 6.07) is 8.80. The molecule has 0 atom stereocenters. The average molecular weight is 585 g/mol. The Balaban J connectivity index is 1.45. The maximum absolute atomic E-state index is 14.2. The molecule has 1 fully saturated rings. The van der Waals surface area contributed by atoms with Crippen LogP contribution in [0, 0.1) is 5.82 Å². The largest absolute Gasteiger partial charge is 0.493 e. The zero-order valence-corrected chi connectivity index (χ0v) is 21.7. The molecular weight excluding hydrogens is 564 g/mol. The Hall–Kier alpha value is -2.66. The van der Waals surface area contributed by atoms with Crippen molar-refractivity contribution >= 4 is 57.1 Å². The molecule has 2 aromatic carbocycles. The highest BCUT2D eigenvalue weighted by atomic mass is 79.9. The van der Waals surface area contributed by atoms with E-state index in [4.69, 9.17) is 37.4 Å². The van der Waals surface area contributed by atoms with E-state index in [1.54, 1.807) is 37.6 Å². The molecule has 3 aromatic rings. The Morgan fingerprint density at radius 2 is 2.06 bits per heavy atom. The first-order chi connectivity index (χ1) is 16.9. The van der Waals surface area contributed by atoms with Gasteiger partial charge < -0.3 is 19.1 Å². The summed E-state index contributed by atoms with van der Waals surface area (Å²) < 4.78 is 31.6. The first-order valence-electron chi connectivity index (χ1n) is 10.5. The van der Waals surface area contributed by atoms with Crippen molar-refractivity contribution in [1.29, 1.82) is 0 Å². The van der Waals surface area contributed by atoms with Gasteiger partial charge in [0.1, 0.15) is 6.61 Å². The fraction of sp³-hybridized carbons (Fsp3) is 0.261. The minimum atomic E-state index is -0.495. The Kier molecular flexibility index (Phi) is 8.61. The first-order valence-corrected chi connectivity index (χ1v) is 12.1. The van der Waals surface area contributed by atoms with E-state index < -0.39 is 5.82 Å². The quantitative estimate of drug-likeness (QED) is 0.274. The van der Waals surface area contributed by atoms with Gasteiger partial charge in [-0.1, -0.05) is 29.3 Å². The van der Waals surface area contributed by atoms with Crippen LogP contribution in [0.3, 0.4) is 0 Å². The fourth-order valence-corrected chi connectivity index (χ4v) is 4.35. The smallest absolute Gasteiger partial charge is 0.245 e. The van der Waals surface area contributed by atoms with Gasteiger partial charge in [-0.25, -0.2) is 14.8 Å². The van der Waals surface area contributed by atoms with E-state index in [-0.39, 0.29) is 18.4 Å². The molecule has 1 saturated heterocycles. The monoisotopic (exact) mass is 583 g/mol. The summed E-state index contributed by atoms with van der Waals surface area (Å²) >= 11 is 15.7. The highest BCUT2D eigenvalue weighted by Crippen LogP contribution is 2.37. The van der Waals surface area contributed by atoms with Gasteiger partial charge in [0.25, 0.3) is 0 Å². The van der Waals surface area contributed by atoms with Gasteiger partial charge in [0.05, 0.1) is 37.2 Å². The number of benzene rings is 2. The molecule has 12 heteroatoms. The van der Waals surface area contributed by atoms with Crippen molar-refractivity contribution in [2.45, 2.75) is 6.61 Å². The second-order valence-electron chi connectivity index (χ2n) is 7.39. The van der Waals surface area contributed by atoms with Gasteiger partial charge in [0, 0.05) is 28.7 Å². The van der Waals surface area contributed by atoms with Gasteiger partial charge in [-0.05, 0) is 45.8 Å². The lowest BCUT2D eigenvalue weighted by molar-refractivity contribution is 0.122. The van der Waals surface area contributed by atoms with Gasteiger partial charge in [-0.15, -0.1) is 0 Å². The number of rotatable bonds is 8. The topological polar surface area (TPSA) is 81.1 Å². The van der Waals surface area contributed by atoms with Crippen LogP contribution in [0.4, 0.5) is 16.2 Å². The van der Waals surface area contributed by atoms with E-state index in [0.29, 0.717) is 57.9 Å². The maximum Gasteiger partial charge on any atom is 0.245 e. The third-order valence-corrected chi connectivity index (χ3v) is 6.23. The molecule has 0 bridgehead atoms. The van der Waals surface area contributed by atoms with Gasteiger partial charge in [-0.3, -0.25) is 0 Å². The molecule has 4 rings (SSSR count). The van der Waals surface area contributed by atoms with Crippen molar-refractivity contribution in [2.75, 3.05) is 43.7 Å². The summed E-state index contributed by atoms with van der Waals surface area (Å²) in [5, 5.41) is 5.24. The molecule has 0 aliphatic carbocycles. The molecule has 184 valence electrons. The van der Waals surface area contributed by atoms with Gasteiger partial charge in [0.15, 0.2) is 23.1 Å². The molecule has 0 spiro atoms. The lowest BCUT2D eigenvalue weighted by Crippen LogP contribution is -2.37. The molecular formula is C23H21BrCl2FN5O3. The molecule has 0 amide bonds. The zero-order valence-electron chi connectivity index (χ0n) is 18.6. The van der Waals surface area contributed by atoms with Crippen LogP contribution in [-0.4, -0.2) is 49.6 Å². The Morgan fingerprint density at radius 1 is 1.26 bits per heavy atom. The Morgan fingerprint density at radius 3 is 2.80 bits per heavy atom. The van der Waals surface area contributed by atoms with Crippen molar-refractivity contribution in [3.05, 3.63) is 68.0 Å². The second kappa shape index (κ2) is 11.9. The van der Waals surface area contributed by atoms with Crippen LogP contribution in [0.2, 0.25) is 10.0 Å². The summed E-state index contributed by atoms with van der Waals surface area (Å²) in [4.78, 5) is 10.0. The normalized spacial score (nSPS) is 13.8. The number of hydrogen-bond acceptors (Lipinski definition) is 8. The van der Waals surface area contributed by atoms with E-state index in [0.717, 1.165) is 11.8 Å². The van der Waals surface area contributed by atoms with Gasteiger partial charge in [-0.2, -0.15) is 10.1 Å². The SMILES string of the molecule is COc1cc(/C=N\Nc2ncc(F)c(N3CCOCC3)n2)cc(Br)c1OCc1ccc(Cl)cc1Cl. The van der Waals surface area contributed by atoms with Crippen LogP contribution < -0.4 is 19.8 Å². The number of methoxy groups -OCH3 is 1. The number of hydrazone groups is 1. The summed E-state index contributed by atoms with van der Waals surface area (Å²) in [5.41, 5.74) is 4.24. The lowest BCUT2D eigenvalue weighted by atomic mass is 10.2. The van der Waals surface area contributed by atoms with Crippen molar-refractivity contribution in [1.82, 2.24) is 9.97 Å². The van der Waals surface area contributed by atoms with Gasteiger partial charge in [0.2, 0.25) is 5.95 Å². The van der Waals surface area contributed by atoms with Crippen LogP contribution in [0.5, 0.6) is 11.5 Å². The Labute approximate surface area is 220 Å².